The molecule has 0 saturated heterocycles. The number of hydrogen-bond acceptors (Lipinski definition) is 1. The molecule has 4 heteroatoms. The van der Waals surface area contributed by atoms with Crippen LogP contribution in [0.25, 0.3) is 11.6 Å². The molecule has 1 aliphatic heterocycles. The van der Waals surface area contributed by atoms with Crippen LogP contribution in [0.3, 0.4) is 0 Å². The molecular formula is C16H11F2NO. The topological polar surface area (TPSA) is 20.3 Å². The maximum Gasteiger partial charge on any atom is 0.258 e. The predicted molar refractivity (Wildman–Crippen MR) is 74.1 cm³/mol. The minimum Gasteiger partial charge on any atom is -0.311 e. The molecule has 2 aromatic rings. The lowest BCUT2D eigenvalue weighted by atomic mass is 10.0. The van der Waals surface area contributed by atoms with Crippen molar-refractivity contribution in [2.24, 2.45) is 0 Å². The highest BCUT2D eigenvalue weighted by Gasteiger charge is 2.29. The van der Waals surface area contributed by atoms with Gasteiger partial charge in [-0.2, -0.15) is 0 Å². The lowest BCUT2D eigenvalue weighted by molar-refractivity contribution is -0.112. The Balaban J connectivity index is 2.14. The summed E-state index contributed by atoms with van der Waals surface area (Å²) in [6, 6.07) is 10.6. The molecule has 100 valence electrons. The molecule has 1 amide bonds. The van der Waals surface area contributed by atoms with Gasteiger partial charge in [-0.15, -0.1) is 0 Å². The maximum absolute atomic E-state index is 13.7. The first-order valence-electron chi connectivity index (χ1n) is 6.12. The van der Waals surface area contributed by atoms with Crippen LogP contribution in [-0.2, 0) is 4.79 Å². The summed E-state index contributed by atoms with van der Waals surface area (Å²) in [6.07, 6.45) is 1.46. The fourth-order valence-corrected chi connectivity index (χ4v) is 2.31. The SMILES string of the molecule is CN1C(=O)/C(=C\c2ccc(F)cc2F)c2ccccc21. The van der Waals surface area contributed by atoms with E-state index in [0.29, 0.717) is 5.57 Å². The van der Waals surface area contributed by atoms with Gasteiger partial charge in [0, 0.05) is 29.8 Å². The zero-order valence-corrected chi connectivity index (χ0v) is 10.7. The molecule has 0 radical (unpaired) electrons. The van der Waals surface area contributed by atoms with Crippen molar-refractivity contribution in [2.45, 2.75) is 0 Å². The summed E-state index contributed by atoms with van der Waals surface area (Å²) in [5.41, 5.74) is 2.14. The van der Waals surface area contributed by atoms with Crippen LogP contribution in [0.1, 0.15) is 11.1 Å². The van der Waals surface area contributed by atoms with Crippen LogP contribution in [0.2, 0.25) is 0 Å². The summed E-state index contributed by atoms with van der Waals surface area (Å²) in [6.45, 7) is 0. The van der Waals surface area contributed by atoms with E-state index in [0.717, 1.165) is 17.3 Å². The Morgan fingerprint density at radius 2 is 1.85 bits per heavy atom. The van der Waals surface area contributed by atoms with Gasteiger partial charge >= 0.3 is 0 Å². The maximum atomic E-state index is 13.7. The monoisotopic (exact) mass is 271 g/mol. The van der Waals surface area contributed by atoms with Crippen molar-refractivity contribution < 1.29 is 13.6 Å². The Morgan fingerprint density at radius 3 is 2.60 bits per heavy atom. The fraction of sp³-hybridized carbons (Fsp3) is 0.0625. The average molecular weight is 271 g/mol. The summed E-state index contributed by atoms with van der Waals surface area (Å²) in [4.78, 5) is 13.7. The standard InChI is InChI=1S/C16H11F2NO/c1-19-15-5-3-2-4-12(15)13(16(19)20)8-10-6-7-11(17)9-14(10)18/h2-9H,1H3/b13-8-. The molecule has 1 heterocycles. The minimum atomic E-state index is -0.683. The molecule has 3 rings (SSSR count). The van der Waals surface area contributed by atoms with Crippen LogP contribution in [0.4, 0.5) is 14.5 Å². The Morgan fingerprint density at radius 1 is 1.10 bits per heavy atom. The van der Waals surface area contributed by atoms with Gasteiger partial charge < -0.3 is 4.90 Å². The molecule has 0 bridgehead atoms. The first kappa shape index (κ1) is 12.5. The van der Waals surface area contributed by atoms with Crippen LogP contribution in [-0.4, -0.2) is 13.0 Å². The lowest BCUT2D eigenvalue weighted by Crippen LogP contribution is -2.20. The third-order valence-electron chi connectivity index (χ3n) is 3.35. The number of amides is 1. The number of para-hydroxylation sites is 1. The summed E-state index contributed by atoms with van der Waals surface area (Å²) < 4.78 is 26.6. The molecule has 0 aromatic heterocycles. The molecule has 0 fully saturated rings. The Kier molecular flexibility index (Phi) is 2.86. The van der Waals surface area contributed by atoms with E-state index in [1.165, 1.54) is 23.1 Å². The fourth-order valence-electron chi connectivity index (χ4n) is 2.31. The summed E-state index contributed by atoms with van der Waals surface area (Å²) in [5.74, 6) is -1.52. The number of likely N-dealkylation sites (N-methyl/N-ethyl adjacent to an activating group) is 1. The van der Waals surface area contributed by atoms with E-state index in [1.54, 1.807) is 7.05 Å². The van der Waals surface area contributed by atoms with Gasteiger partial charge in [0.15, 0.2) is 0 Å². The van der Waals surface area contributed by atoms with Crippen LogP contribution in [0.5, 0.6) is 0 Å². The van der Waals surface area contributed by atoms with Crippen molar-refractivity contribution in [2.75, 3.05) is 11.9 Å². The smallest absolute Gasteiger partial charge is 0.258 e. The number of benzene rings is 2. The number of fused-ring (bicyclic) bond motifs is 1. The molecule has 0 spiro atoms. The summed E-state index contributed by atoms with van der Waals surface area (Å²) >= 11 is 0. The van der Waals surface area contributed by atoms with E-state index in [4.69, 9.17) is 0 Å². The normalized spacial score (nSPS) is 15.8. The molecule has 0 saturated carbocycles. The molecule has 2 aromatic carbocycles. The van der Waals surface area contributed by atoms with Gasteiger partial charge in [0.05, 0.1) is 5.69 Å². The van der Waals surface area contributed by atoms with Gasteiger partial charge in [0.1, 0.15) is 11.6 Å². The Hall–Kier alpha value is -2.49. The number of halogens is 2. The van der Waals surface area contributed by atoms with Crippen LogP contribution in [0, 0.1) is 11.6 Å². The lowest BCUT2D eigenvalue weighted by Gasteiger charge is -2.07. The summed E-state index contributed by atoms with van der Waals surface area (Å²) in [7, 11) is 1.67. The average Bonchev–Trinajstić information content (AvgIpc) is 2.67. The van der Waals surface area contributed by atoms with E-state index >= 15 is 0 Å². The number of carbonyl (C=O) groups is 1. The first-order valence-corrected chi connectivity index (χ1v) is 6.12. The summed E-state index contributed by atoms with van der Waals surface area (Å²) in [5, 5.41) is 0. The van der Waals surface area contributed by atoms with E-state index in [-0.39, 0.29) is 11.5 Å². The van der Waals surface area contributed by atoms with E-state index in [1.807, 2.05) is 24.3 Å². The second-order valence-electron chi connectivity index (χ2n) is 4.61. The van der Waals surface area contributed by atoms with Gasteiger partial charge in [0.2, 0.25) is 0 Å². The van der Waals surface area contributed by atoms with Gasteiger partial charge in [-0.1, -0.05) is 18.2 Å². The van der Waals surface area contributed by atoms with Gasteiger partial charge in [-0.3, -0.25) is 4.79 Å². The highest BCUT2D eigenvalue weighted by atomic mass is 19.1. The molecule has 20 heavy (non-hydrogen) atoms. The molecule has 2 nitrogen and oxygen atoms in total. The number of nitrogens with zero attached hydrogens (tertiary/aromatic N) is 1. The highest BCUT2D eigenvalue weighted by Crippen LogP contribution is 2.36. The number of rotatable bonds is 1. The molecular weight excluding hydrogens is 260 g/mol. The zero-order valence-electron chi connectivity index (χ0n) is 10.7. The van der Waals surface area contributed by atoms with Crippen molar-refractivity contribution in [3.05, 3.63) is 65.2 Å². The van der Waals surface area contributed by atoms with Crippen molar-refractivity contribution in [3.8, 4) is 0 Å². The molecule has 0 unspecified atom stereocenters. The second-order valence-corrected chi connectivity index (χ2v) is 4.61. The van der Waals surface area contributed by atoms with E-state index in [2.05, 4.69) is 0 Å². The van der Waals surface area contributed by atoms with Crippen molar-refractivity contribution in [1.82, 2.24) is 0 Å². The van der Waals surface area contributed by atoms with E-state index < -0.39 is 11.6 Å². The van der Waals surface area contributed by atoms with Crippen LogP contribution < -0.4 is 4.90 Å². The zero-order chi connectivity index (χ0) is 14.3. The molecule has 0 N–H and O–H groups in total. The molecule has 0 aliphatic carbocycles. The highest BCUT2D eigenvalue weighted by molar-refractivity contribution is 6.35. The largest absolute Gasteiger partial charge is 0.311 e. The van der Waals surface area contributed by atoms with Gasteiger partial charge in [0.25, 0.3) is 5.91 Å². The van der Waals surface area contributed by atoms with Gasteiger partial charge in [-0.25, -0.2) is 8.78 Å². The van der Waals surface area contributed by atoms with E-state index in [9.17, 15) is 13.6 Å². The van der Waals surface area contributed by atoms with Crippen LogP contribution >= 0.6 is 0 Å². The third kappa shape index (κ3) is 1.90. The minimum absolute atomic E-state index is 0.194. The quantitative estimate of drug-likeness (QED) is 0.727. The Labute approximate surface area is 115 Å². The van der Waals surface area contributed by atoms with Gasteiger partial charge in [-0.05, 0) is 24.3 Å². The molecule has 1 aliphatic rings. The second kappa shape index (κ2) is 4.56. The number of anilines is 1. The van der Waals surface area contributed by atoms with Crippen molar-refractivity contribution >= 4 is 23.2 Å². The first-order chi connectivity index (χ1) is 9.58. The number of carbonyl (C=O) groups excluding carboxylic acids is 1. The Bertz CT molecular complexity index is 737. The predicted octanol–water partition coefficient (Wildman–Crippen LogP) is 3.48. The van der Waals surface area contributed by atoms with Crippen LogP contribution in [0.15, 0.2) is 42.5 Å². The number of hydrogen-bond donors (Lipinski definition) is 0. The van der Waals surface area contributed by atoms with Crippen molar-refractivity contribution in [3.63, 3.8) is 0 Å². The van der Waals surface area contributed by atoms with Crippen molar-refractivity contribution in [1.29, 1.82) is 0 Å². The third-order valence-corrected chi connectivity index (χ3v) is 3.35. The molecule has 0 atom stereocenters.